The Morgan fingerprint density at radius 1 is 1.32 bits per heavy atom. The summed E-state index contributed by atoms with van der Waals surface area (Å²) in [6.45, 7) is 5.51. The third-order valence-corrected chi connectivity index (χ3v) is 4.58. The van der Waals surface area contributed by atoms with Gasteiger partial charge in [0.2, 0.25) is 5.28 Å². The predicted molar refractivity (Wildman–Crippen MR) is 103 cm³/mol. The Morgan fingerprint density at radius 2 is 2.00 bits per heavy atom. The molecule has 1 aliphatic carbocycles. The number of halogens is 1. The standard InChI is InChI=1S/C19H24ClN5/c1-3-10-16(22-4-2)24-17-13-15(23-18(20)25-17)19(14-21)11-8-6-5-7-9-12-19/h3-4,10,13H,1,5-9,11-12H2,2H3,(H,23,24,25)/b16-10+,22-4-. The summed E-state index contributed by atoms with van der Waals surface area (Å²) >= 11 is 6.15. The molecule has 0 aromatic carbocycles. The van der Waals surface area contributed by atoms with Crippen LogP contribution in [0.4, 0.5) is 5.82 Å². The second-order valence-corrected chi connectivity index (χ2v) is 6.51. The number of hydrogen-bond acceptors (Lipinski definition) is 5. The summed E-state index contributed by atoms with van der Waals surface area (Å²) in [6, 6.07) is 4.34. The third-order valence-electron chi connectivity index (χ3n) is 4.41. The largest absolute Gasteiger partial charge is 0.325 e. The van der Waals surface area contributed by atoms with Crippen LogP contribution < -0.4 is 5.32 Å². The van der Waals surface area contributed by atoms with E-state index in [-0.39, 0.29) is 5.28 Å². The van der Waals surface area contributed by atoms with Crippen LogP contribution in [0.15, 0.2) is 35.6 Å². The summed E-state index contributed by atoms with van der Waals surface area (Å²) < 4.78 is 0. The van der Waals surface area contributed by atoms with Crippen LogP contribution in [0.2, 0.25) is 5.28 Å². The Balaban J connectivity index is 2.37. The monoisotopic (exact) mass is 357 g/mol. The first-order valence-electron chi connectivity index (χ1n) is 8.68. The van der Waals surface area contributed by atoms with Gasteiger partial charge in [-0.2, -0.15) is 5.26 Å². The minimum absolute atomic E-state index is 0.134. The van der Waals surface area contributed by atoms with Crippen LogP contribution >= 0.6 is 11.6 Å². The zero-order chi connectivity index (χ0) is 18.1. The summed E-state index contributed by atoms with van der Waals surface area (Å²) in [5.74, 6) is 1.13. The van der Waals surface area contributed by atoms with Gasteiger partial charge in [-0.1, -0.05) is 44.8 Å². The van der Waals surface area contributed by atoms with E-state index in [1.54, 1.807) is 18.4 Å². The number of anilines is 1. The van der Waals surface area contributed by atoms with Crippen LogP contribution in [-0.2, 0) is 5.41 Å². The number of aromatic nitrogens is 2. The molecule has 0 atom stereocenters. The molecule has 0 spiro atoms. The fraction of sp³-hybridized carbons (Fsp3) is 0.474. The average Bonchev–Trinajstić information content (AvgIpc) is 2.55. The molecule has 0 bridgehead atoms. The van der Waals surface area contributed by atoms with Crippen molar-refractivity contribution in [2.24, 2.45) is 4.99 Å². The number of rotatable bonds is 5. The Kier molecular flexibility index (Phi) is 7.15. The van der Waals surface area contributed by atoms with E-state index in [0.717, 1.165) is 38.5 Å². The maximum atomic E-state index is 9.92. The minimum Gasteiger partial charge on any atom is -0.325 e. The summed E-state index contributed by atoms with van der Waals surface area (Å²) in [5.41, 5.74) is 0.0950. The van der Waals surface area contributed by atoms with Gasteiger partial charge < -0.3 is 5.32 Å². The van der Waals surface area contributed by atoms with E-state index in [0.29, 0.717) is 17.3 Å². The molecule has 2 rings (SSSR count). The van der Waals surface area contributed by atoms with Crippen molar-refractivity contribution >= 4 is 23.6 Å². The van der Waals surface area contributed by atoms with E-state index >= 15 is 0 Å². The van der Waals surface area contributed by atoms with Gasteiger partial charge in [0.1, 0.15) is 11.6 Å². The molecule has 0 unspecified atom stereocenters. The molecule has 6 heteroatoms. The first-order chi connectivity index (χ1) is 12.1. The van der Waals surface area contributed by atoms with Crippen LogP contribution in [0, 0.1) is 11.3 Å². The van der Waals surface area contributed by atoms with Crippen molar-refractivity contribution in [1.82, 2.24) is 9.97 Å². The molecule has 1 aliphatic rings. The summed E-state index contributed by atoms with van der Waals surface area (Å²) in [6.07, 6.45) is 12.3. The van der Waals surface area contributed by atoms with Crippen molar-refractivity contribution in [2.75, 3.05) is 5.32 Å². The van der Waals surface area contributed by atoms with Crippen molar-refractivity contribution in [3.05, 3.63) is 41.6 Å². The van der Waals surface area contributed by atoms with Gasteiger partial charge in [-0.05, 0) is 37.4 Å². The lowest BCUT2D eigenvalue weighted by molar-refractivity contribution is 0.378. The quantitative estimate of drug-likeness (QED) is 0.448. The van der Waals surface area contributed by atoms with Gasteiger partial charge in [0.15, 0.2) is 0 Å². The number of nitrogens with one attached hydrogen (secondary N) is 1. The summed E-state index contributed by atoms with van der Waals surface area (Å²) in [4.78, 5) is 12.8. The molecule has 0 amide bonds. The molecule has 1 saturated carbocycles. The lowest BCUT2D eigenvalue weighted by Crippen LogP contribution is -2.27. The van der Waals surface area contributed by atoms with E-state index in [4.69, 9.17) is 11.6 Å². The molecule has 1 N–H and O–H groups in total. The molecule has 1 heterocycles. The molecule has 5 nitrogen and oxygen atoms in total. The van der Waals surface area contributed by atoms with E-state index in [9.17, 15) is 5.26 Å². The van der Waals surface area contributed by atoms with Crippen molar-refractivity contribution in [3.63, 3.8) is 0 Å². The zero-order valence-electron chi connectivity index (χ0n) is 14.6. The van der Waals surface area contributed by atoms with Crippen LogP contribution in [0.3, 0.4) is 0 Å². The fourth-order valence-electron chi connectivity index (χ4n) is 3.16. The zero-order valence-corrected chi connectivity index (χ0v) is 15.4. The smallest absolute Gasteiger partial charge is 0.224 e. The van der Waals surface area contributed by atoms with Gasteiger partial charge in [-0.15, -0.1) is 0 Å². The van der Waals surface area contributed by atoms with Gasteiger partial charge in [-0.3, -0.25) is 0 Å². The number of nitrogens with zero attached hydrogens (tertiary/aromatic N) is 4. The third kappa shape index (κ3) is 5.14. The first-order valence-corrected chi connectivity index (χ1v) is 9.06. The highest BCUT2D eigenvalue weighted by atomic mass is 35.5. The Labute approximate surface area is 154 Å². The summed E-state index contributed by atoms with van der Waals surface area (Å²) in [5, 5.41) is 13.2. The Hall–Kier alpha value is -2.19. The van der Waals surface area contributed by atoms with Crippen molar-refractivity contribution in [2.45, 2.75) is 57.3 Å². The topological polar surface area (TPSA) is 74.0 Å². The van der Waals surface area contributed by atoms with Crippen LogP contribution in [0.25, 0.3) is 0 Å². The highest BCUT2D eigenvalue weighted by Gasteiger charge is 2.34. The predicted octanol–water partition coefficient (Wildman–Crippen LogP) is 5.17. The molecule has 1 aromatic rings. The van der Waals surface area contributed by atoms with E-state index in [1.165, 1.54) is 6.42 Å². The van der Waals surface area contributed by atoms with E-state index < -0.39 is 5.41 Å². The molecule has 25 heavy (non-hydrogen) atoms. The highest BCUT2D eigenvalue weighted by molar-refractivity contribution is 6.28. The van der Waals surface area contributed by atoms with Gasteiger partial charge in [0.25, 0.3) is 0 Å². The first kappa shape index (κ1) is 19.1. The van der Waals surface area contributed by atoms with Crippen LogP contribution in [0.5, 0.6) is 0 Å². The van der Waals surface area contributed by atoms with Crippen molar-refractivity contribution in [1.29, 1.82) is 5.26 Å². The molecule has 0 radical (unpaired) electrons. The second kappa shape index (κ2) is 9.33. The maximum Gasteiger partial charge on any atom is 0.224 e. The van der Waals surface area contributed by atoms with Gasteiger partial charge in [-0.25, -0.2) is 15.0 Å². The van der Waals surface area contributed by atoms with E-state index in [2.05, 4.69) is 32.9 Å². The van der Waals surface area contributed by atoms with Gasteiger partial charge in [0, 0.05) is 12.3 Å². The summed E-state index contributed by atoms with van der Waals surface area (Å²) in [7, 11) is 0. The normalized spacial score (nSPS) is 18.2. The number of aliphatic imine (C=N–C) groups is 1. The second-order valence-electron chi connectivity index (χ2n) is 6.17. The Bertz CT molecular complexity index is 694. The average molecular weight is 358 g/mol. The van der Waals surface area contributed by atoms with Crippen molar-refractivity contribution in [3.8, 4) is 6.07 Å². The molecule has 0 aliphatic heterocycles. The number of allylic oxidation sites excluding steroid dienone is 2. The van der Waals surface area contributed by atoms with Crippen LogP contribution in [0.1, 0.15) is 57.6 Å². The molecule has 1 fully saturated rings. The van der Waals surface area contributed by atoms with Gasteiger partial charge in [0.05, 0.1) is 17.2 Å². The van der Waals surface area contributed by atoms with Crippen molar-refractivity contribution < 1.29 is 0 Å². The van der Waals surface area contributed by atoms with E-state index in [1.807, 2.05) is 13.0 Å². The van der Waals surface area contributed by atoms with Gasteiger partial charge >= 0.3 is 0 Å². The molecular formula is C19H24ClN5. The fourth-order valence-corrected chi connectivity index (χ4v) is 3.34. The molecular weight excluding hydrogens is 334 g/mol. The highest BCUT2D eigenvalue weighted by Crippen LogP contribution is 2.37. The molecule has 1 aromatic heterocycles. The van der Waals surface area contributed by atoms with Crippen LogP contribution in [-0.4, -0.2) is 16.2 Å². The lowest BCUT2D eigenvalue weighted by atomic mass is 9.75. The molecule has 132 valence electrons. The molecule has 0 saturated heterocycles. The lowest BCUT2D eigenvalue weighted by Gasteiger charge is -2.28. The maximum absolute atomic E-state index is 9.92. The SMILES string of the molecule is C=C/C=C(\N=C/C)Nc1cc(C2(C#N)CCCCCCC2)nc(Cl)n1. The number of nitriles is 1. The number of hydrogen-bond donors (Lipinski definition) is 1. The minimum atomic E-state index is -0.597. The Morgan fingerprint density at radius 3 is 2.60 bits per heavy atom.